The molecule has 0 unspecified atom stereocenters. The molecule has 4 N–H and O–H groups in total. The molecule has 13 nitrogen and oxygen atoms in total. The van der Waals surface area contributed by atoms with Crippen LogP contribution in [0.1, 0.15) is 59.4 Å². The fourth-order valence-electron chi connectivity index (χ4n) is 5.06. The third-order valence-corrected chi connectivity index (χ3v) is 9.33. The van der Waals surface area contributed by atoms with E-state index in [0.717, 1.165) is 17.0 Å². The van der Waals surface area contributed by atoms with Gasteiger partial charge in [-0.15, -0.1) is 0 Å². The van der Waals surface area contributed by atoms with E-state index in [4.69, 9.17) is 0 Å². The van der Waals surface area contributed by atoms with Gasteiger partial charge in [0.2, 0.25) is 5.91 Å². The van der Waals surface area contributed by atoms with Crippen LogP contribution in [0.4, 0.5) is 25.0 Å². The van der Waals surface area contributed by atoms with Crippen molar-refractivity contribution >= 4 is 51.1 Å². The van der Waals surface area contributed by atoms with Crippen LogP contribution in [0, 0.1) is 11.6 Å². The number of hydrogen-bond acceptors (Lipinski definition) is 7. The van der Waals surface area contributed by atoms with Gasteiger partial charge in [-0.2, -0.15) is 0 Å². The van der Waals surface area contributed by atoms with Gasteiger partial charge in [0.1, 0.15) is 23.2 Å². The number of carbonyl (C=O) groups is 5. The zero-order valence-corrected chi connectivity index (χ0v) is 27.6. The van der Waals surface area contributed by atoms with Crippen LogP contribution >= 0.6 is 0 Å². The van der Waals surface area contributed by atoms with Gasteiger partial charge in [-0.3, -0.25) is 19.1 Å². The number of sulfonamides is 1. The highest BCUT2D eigenvalue weighted by Gasteiger charge is 2.31. The molecule has 1 aliphatic rings. The van der Waals surface area contributed by atoms with Crippen molar-refractivity contribution in [2.24, 2.45) is 0 Å². The number of hydrogen-bond donors (Lipinski definition) is 4. The molecule has 0 saturated carbocycles. The van der Waals surface area contributed by atoms with Crippen molar-refractivity contribution in [3.63, 3.8) is 0 Å². The Morgan fingerprint density at radius 1 is 0.898 bits per heavy atom. The number of halogens is 2. The number of nitrogens with zero attached hydrogens (tertiary/aromatic N) is 2. The number of urea groups is 1. The summed E-state index contributed by atoms with van der Waals surface area (Å²) in [5, 5.41) is 14.6. The molecule has 4 rings (SSSR count). The standard InChI is InChI=1S/C33H35F2N5O8S/c1-4-21(5-2)36-30(42)20-8-12-24(13-9-20)49(47,48)38-22-17-25(34)29(26(35)18-22)31(43)37-27(32(44)45)16-19-6-10-23(11-7-19)40-28(41)14-15-39(3)33(40)46/h6-13,17-18,21,27,38H,4-5,14-16H2,1-3H3,(H,36,42)(H,37,43)(H,44,45)/t27-/m0/s1. The van der Waals surface area contributed by atoms with Gasteiger partial charge < -0.3 is 20.6 Å². The third-order valence-electron chi connectivity index (χ3n) is 7.94. The summed E-state index contributed by atoms with van der Waals surface area (Å²) in [7, 11) is -2.83. The van der Waals surface area contributed by atoms with Crippen molar-refractivity contribution in [1.29, 1.82) is 0 Å². The highest BCUT2D eigenvalue weighted by molar-refractivity contribution is 7.92. The van der Waals surface area contributed by atoms with Crippen molar-refractivity contribution in [1.82, 2.24) is 15.5 Å². The van der Waals surface area contributed by atoms with E-state index in [9.17, 15) is 37.5 Å². The fourth-order valence-corrected chi connectivity index (χ4v) is 6.10. The summed E-state index contributed by atoms with van der Waals surface area (Å²) < 4.78 is 57.9. The lowest BCUT2D eigenvalue weighted by atomic mass is 10.0. The van der Waals surface area contributed by atoms with Gasteiger partial charge in [0, 0.05) is 38.0 Å². The molecule has 1 aliphatic heterocycles. The molecule has 0 radical (unpaired) electrons. The zero-order valence-electron chi connectivity index (χ0n) is 26.8. The van der Waals surface area contributed by atoms with E-state index in [2.05, 4.69) is 10.6 Å². The first-order valence-corrected chi connectivity index (χ1v) is 16.8. The number of nitrogens with one attached hydrogen (secondary N) is 3. The second kappa shape index (κ2) is 15.2. The van der Waals surface area contributed by atoms with Gasteiger partial charge in [0.15, 0.2) is 0 Å². The molecule has 0 aliphatic carbocycles. The minimum Gasteiger partial charge on any atom is -0.480 e. The number of carboxylic acids is 1. The normalized spacial score (nSPS) is 14.1. The maximum atomic E-state index is 15.0. The quantitative estimate of drug-likeness (QED) is 0.207. The van der Waals surface area contributed by atoms with Crippen LogP contribution in [-0.2, 0) is 26.0 Å². The molecule has 1 heterocycles. The topological polar surface area (TPSA) is 182 Å². The smallest absolute Gasteiger partial charge is 0.331 e. The van der Waals surface area contributed by atoms with Crippen LogP contribution in [-0.4, -0.2) is 73.8 Å². The molecular weight excluding hydrogens is 664 g/mol. The SMILES string of the molecule is CCC(CC)NC(=O)c1ccc(S(=O)(=O)Nc2cc(F)c(C(=O)N[C@@H](Cc3ccc(N4C(=O)CCN(C)C4=O)cc3)C(=O)O)c(F)c2)cc1. The predicted molar refractivity (Wildman–Crippen MR) is 175 cm³/mol. The van der Waals surface area contributed by atoms with Crippen LogP contribution in [0.2, 0.25) is 0 Å². The van der Waals surface area contributed by atoms with E-state index in [0.29, 0.717) is 30.5 Å². The lowest BCUT2D eigenvalue weighted by Gasteiger charge is -2.31. The lowest BCUT2D eigenvalue weighted by molar-refractivity contribution is -0.139. The summed E-state index contributed by atoms with van der Waals surface area (Å²) in [6.07, 6.45) is 1.25. The molecule has 1 saturated heterocycles. The molecule has 260 valence electrons. The predicted octanol–water partition coefficient (Wildman–Crippen LogP) is 3.90. The Hall–Kier alpha value is -5.38. The third kappa shape index (κ3) is 8.56. The monoisotopic (exact) mass is 699 g/mol. The maximum Gasteiger partial charge on any atom is 0.331 e. The van der Waals surface area contributed by atoms with E-state index >= 15 is 8.78 Å². The number of imide groups is 1. The van der Waals surface area contributed by atoms with Gasteiger partial charge >= 0.3 is 12.0 Å². The number of rotatable bonds is 13. The molecule has 1 atom stereocenters. The molecule has 16 heteroatoms. The van der Waals surface area contributed by atoms with E-state index in [1.54, 1.807) is 7.05 Å². The van der Waals surface area contributed by atoms with Crippen LogP contribution in [0.15, 0.2) is 65.6 Å². The molecular formula is C33H35F2N5O8S. The van der Waals surface area contributed by atoms with Crippen LogP contribution in [0.5, 0.6) is 0 Å². The molecule has 0 aromatic heterocycles. The Labute approximate surface area is 281 Å². The van der Waals surface area contributed by atoms with Crippen molar-refractivity contribution in [2.75, 3.05) is 23.2 Å². The molecule has 5 amide bonds. The van der Waals surface area contributed by atoms with Crippen molar-refractivity contribution in [3.8, 4) is 0 Å². The Kier molecular flexibility index (Phi) is 11.3. The largest absolute Gasteiger partial charge is 0.480 e. The van der Waals surface area contributed by atoms with E-state index in [1.807, 2.05) is 18.6 Å². The van der Waals surface area contributed by atoms with E-state index in [1.165, 1.54) is 41.3 Å². The number of anilines is 2. The molecule has 0 spiro atoms. The van der Waals surface area contributed by atoms with E-state index < -0.39 is 62.8 Å². The second-order valence-corrected chi connectivity index (χ2v) is 13.0. The van der Waals surface area contributed by atoms with Crippen molar-refractivity contribution in [3.05, 3.63) is 89.0 Å². The first-order valence-electron chi connectivity index (χ1n) is 15.3. The number of carboxylic acid groups (broad SMARTS) is 1. The molecule has 1 fully saturated rings. The Balaban J connectivity index is 1.44. The van der Waals surface area contributed by atoms with E-state index in [-0.39, 0.29) is 47.5 Å². The number of carbonyl (C=O) groups excluding carboxylic acids is 4. The summed E-state index contributed by atoms with van der Waals surface area (Å²) in [5.41, 5.74) is -0.837. The summed E-state index contributed by atoms with van der Waals surface area (Å²) in [6.45, 7) is 4.12. The van der Waals surface area contributed by atoms with Crippen LogP contribution in [0.25, 0.3) is 0 Å². The highest BCUT2D eigenvalue weighted by Crippen LogP contribution is 2.24. The average Bonchev–Trinajstić information content (AvgIpc) is 3.05. The second-order valence-electron chi connectivity index (χ2n) is 11.3. The number of amides is 5. The summed E-state index contributed by atoms with van der Waals surface area (Å²) >= 11 is 0. The molecule has 3 aromatic carbocycles. The minimum absolute atomic E-state index is 0.0463. The summed E-state index contributed by atoms with van der Waals surface area (Å²) in [5.74, 6) is -6.62. The number of benzene rings is 3. The first-order chi connectivity index (χ1) is 23.1. The van der Waals surface area contributed by atoms with Gasteiger partial charge in [-0.1, -0.05) is 26.0 Å². The van der Waals surface area contributed by atoms with Gasteiger partial charge in [-0.05, 0) is 66.9 Å². The number of aliphatic carboxylic acids is 1. The van der Waals surface area contributed by atoms with Crippen LogP contribution < -0.4 is 20.3 Å². The Morgan fingerprint density at radius 3 is 2.04 bits per heavy atom. The highest BCUT2D eigenvalue weighted by atomic mass is 32.2. The van der Waals surface area contributed by atoms with Crippen molar-refractivity contribution in [2.45, 2.75) is 56.5 Å². The zero-order chi connectivity index (χ0) is 36.0. The summed E-state index contributed by atoms with van der Waals surface area (Å²) in [4.78, 5) is 64.0. The minimum atomic E-state index is -4.37. The van der Waals surface area contributed by atoms with Gasteiger partial charge in [-0.25, -0.2) is 31.7 Å². The fraction of sp³-hybridized carbons (Fsp3) is 0.303. The lowest BCUT2D eigenvalue weighted by Crippen LogP contribution is -2.50. The summed E-state index contributed by atoms with van der Waals surface area (Å²) in [6, 6.07) is 9.61. The average molecular weight is 700 g/mol. The Bertz CT molecular complexity index is 1840. The Morgan fingerprint density at radius 2 is 1.49 bits per heavy atom. The van der Waals surface area contributed by atoms with Crippen molar-refractivity contribution < 1.29 is 46.3 Å². The molecule has 0 bridgehead atoms. The van der Waals surface area contributed by atoms with Gasteiger partial charge in [0.25, 0.3) is 21.8 Å². The van der Waals surface area contributed by atoms with Crippen LogP contribution in [0.3, 0.4) is 0 Å². The molecule has 3 aromatic rings. The first kappa shape index (κ1) is 36.5. The van der Waals surface area contributed by atoms with Gasteiger partial charge in [0.05, 0.1) is 16.3 Å². The molecule has 49 heavy (non-hydrogen) atoms. The maximum absolute atomic E-state index is 15.0.